The third-order valence-electron chi connectivity index (χ3n) is 1.46. The molecule has 1 aromatic rings. The number of carbonyl (C=O) groups is 1. The van der Waals surface area contributed by atoms with Crippen molar-refractivity contribution >= 4 is 22.2 Å². The average molecular weight is 214 g/mol. The Morgan fingerprint density at radius 3 is 3.00 bits per heavy atom. The molecule has 0 aliphatic heterocycles. The van der Waals surface area contributed by atoms with Crippen molar-refractivity contribution in [2.45, 2.75) is 13.3 Å². The quantitative estimate of drug-likeness (QED) is 0.706. The van der Waals surface area contributed by atoms with Gasteiger partial charge in [-0.2, -0.15) is 0 Å². The number of rotatable bonds is 2. The first-order valence-electron chi connectivity index (χ1n) is 3.37. The first-order chi connectivity index (χ1) is 5.27. The van der Waals surface area contributed by atoms with E-state index in [2.05, 4.69) is 20.9 Å². The van der Waals surface area contributed by atoms with Crippen molar-refractivity contribution in [3.8, 4) is 0 Å². The van der Waals surface area contributed by atoms with Gasteiger partial charge in [0.05, 0.1) is 0 Å². The van der Waals surface area contributed by atoms with E-state index in [9.17, 15) is 4.79 Å². The molecule has 0 saturated heterocycles. The number of hydrogen-bond acceptors (Lipinski definition) is 2. The number of pyridine rings is 1. The number of aldehydes is 1. The molecule has 0 atom stereocenters. The van der Waals surface area contributed by atoms with Crippen molar-refractivity contribution in [1.82, 2.24) is 4.98 Å². The van der Waals surface area contributed by atoms with Gasteiger partial charge in [-0.05, 0) is 34.0 Å². The van der Waals surface area contributed by atoms with E-state index >= 15 is 0 Å². The van der Waals surface area contributed by atoms with Gasteiger partial charge in [-0.25, -0.2) is 0 Å². The van der Waals surface area contributed by atoms with Crippen LogP contribution in [-0.4, -0.2) is 11.3 Å². The van der Waals surface area contributed by atoms with E-state index in [-0.39, 0.29) is 0 Å². The number of aryl methyl sites for hydroxylation is 1. The predicted octanol–water partition coefficient (Wildman–Crippen LogP) is 2.22. The zero-order valence-electron chi connectivity index (χ0n) is 6.17. The third-order valence-corrected chi connectivity index (χ3v) is 2.17. The van der Waals surface area contributed by atoms with Crippen molar-refractivity contribution in [2.75, 3.05) is 0 Å². The maximum Gasteiger partial charge on any atom is 0.168 e. The summed E-state index contributed by atoms with van der Waals surface area (Å²) in [5, 5.41) is 0. The molecule has 2 nitrogen and oxygen atoms in total. The van der Waals surface area contributed by atoms with Crippen LogP contribution >= 0.6 is 15.9 Å². The van der Waals surface area contributed by atoms with Crippen molar-refractivity contribution in [1.29, 1.82) is 0 Å². The molecule has 0 bridgehead atoms. The van der Waals surface area contributed by atoms with Crippen LogP contribution in [0.1, 0.15) is 23.0 Å². The second-order valence-corrected chi connectivity index (χ2v) is 3.03. The third kappa shape index (κ3) is 1.87. The number of carbonyl (C=O) groups excluding carboxylic acids is 1. The first kappa shape index (κ1) is 8.40. The molecule has 58 valence electrons. The molecule has 0 aromatic carbocycles. The number of hydrogen-bond donors (Lipinski definition) is 0. The minimum atomic E-state index is 0.491. The fourth-order valence-electron chi connectivity index (χ4n) is 0.834. The van der Waals surface area contributed by atoms with Crippen LogP contribution in [0.5, 0.6) is 0 Å². The van der Waals surface area contributed by atoms with Crippen LogP contribution in [0.4, 0.5) is 0 Å². The molecular weight excluding hydrogens is 206 g/mol. The molecule has 0 unspecified atom stereocenters. The van der Waals surface area contributed by atoms with Gasteiger partial charge in [-0.1, -0.05) is 6.92 Å². The van der Waals surface area contributed by atoms with E-state index < -0.39 is 0 Å². The zero-order valence-corrected chi connectivity index (χ0v) is 7.76. The highest BCUT2D eigenvalue weighted by Gasteiger charge is 1.98. The van der Waals surface area contributed by atoms with Gasteiger partial charge in [0, 0.05) is 10.7 Å². The summed E-state index contributed by atoms with van der Waals surface area (Å²) in [6.07, 6.45) is 3.32. The van der Waals surface area contributed by atoms with Crippen LogP contribution in [-0.2, 0) is 6.42 Å². The van der Waals surface area contributed by atoms with Gasteiger partial charge >= 0.3 is 0 Å². The van der Waals surface area contributed by atoms with E-state index in [1.165, 1.54) is 0 Å². The van der Waals surface area contributed by atoms with E-state index in [1.807, 2.05) is 6.92 Å². The van der Waals surface area contributed by atoms with E-state index in [0.717, 1.165) is 22.7 Å². The minimum Gasteiger partial charge on any atom is -0.296 e. The minimum absolute atomic E-state index is 0.491. The smallest absolute Gasteiger partial charge is 0.168 e. The van der Waals surface area contributed by atoms with Gasteiger partial charge in [0.15, 0.2) is 6.29 Å². The van der Waals surface area contributed by atoms with Crippen LogP contribution < -0.4 is 0 Å². The fraction of sp³-hybridized carbons (Fsp3) is 0.250. The van der Waals surface area contributed by atoms with Gasteiger partial charge in [0.2, 0.25) is 0 Å². The van der Waals surface area contributed by atoms with Crippen LogP contribution in [0.15, 0.2) is 16.7 Å². The molecule has 0 spiro atoms. The normalized spacial score (nSPS) is 9.64. The predicted molar refractivity (Wildman–Crippen MR) is 46.7 cm³/mol. The SMILES string of the molecule is CCc1cc(C=O)ncc1Br. The van der Waals surface area contributed by atoms with Gasteiger partial charge in [-0.3, -0.25) is 9.78 Å². The Morgan fingerprint density at radius 2 is 2.45 bits per heavy atom. The largest absolute Gasteiger partial charge is 0.296 e. The van der Waals surface area contributed by atoms with Crippen molar-refractivity contribution in [3.63, 3.8) is 0 Å². The first-order valence-corrected chi connectivity index (χ1v) is 4.16. The molecule has 1 heterocycles. The molecular formula is C8H8BrNO. The fourth-order valence-corrected chi connectivity index (χ4v) is 1.33. The summed E-state index contributed by atoms with van der Waals surface area (Å²) < 4.78 is 0.964. The highest BCUT2D eigenvalue weighted by Crippen LogP contribution is 2.15. The summed E-state index contributed by atoms with van der Waals surface area (Å²) in [6.45, 7) is 2.04. The molecule has 0 amide bonds. The number of halogens is 1. The summed E-state index contributed by atoms with van der Waals surface area (Å²) in [7, 11) is 0. The van der Waals surface area contributed by atoms with E-state index in [0.29, 0.717) is 5.69 Å². The highest BCUT2D eigenvalue weighted by molar-refractivity contribution is 9.10. The Bertz CT molecular complexity index is 273. The van der Waals surface area contributed by atoms with E-state index in [4.69, 9.17) is 0 Å². The Kier molecular flexibility index (Phi) is 2.76. The maximum absolute atomic E-state index is 10.3. The number of nitrogens with zero attached hydrogens (tertiary/aromatic N) is 1. The Balaban J connectivity index is 3.12. The van der Waals surface area contributed by atoms with Crippen molar-refractivity contribution in [3.05, 3.63) is 28.0 Å². The summed E-state index contributed by atoms with van der Waals surface area (Å²) >= 11 is 3.34. The summed E-state index contributed by atoms with van der Waals surface area (Å²) in [6, 6.07) is 1.79. The van der Waals surface area contributed by atoms with Crippen LogP contribution in [0.3, 0.4) is 0 Å². The van der Waals surface area contributed by atoms with Crippen LogP contribution in [0.2, 0.25) is 0 Å². The van der Waals surface area contributed by atoms with Gasteiger partial charge < -0.3 is 0 Å². The van der Waals surface area contributed by atoms with Crippen LogP contribution in [0.25, 0.3) is 0 Å². The van der Waals surface area contributed by atoms with Crippen LogP contribution in [0, 0.1) is 0 Å². The summed E-state index contributed by atoms with van der Waals surface area (Å²) in [5.41, 5.74) is 1.60. The summed E-state index contributed by atoms with van der Waals surface area (Å²) in [5.74, 6) is 0. The average Bonchev–Trinajstić information content (AvgIpc) is 2.05. The molecule has 1 rings (SSSR count). The maximum atomic E-state index is 10.3. The monoisotopic (exact) mass is 213 g/mol. The second kappa shape index (κ2) is 3.62. The number of aromatic nitrogens is 1. The lowest BCUT2D eigenvalue weighted by molar-refractivity contribution is 0.111. The lowest BCUT2D eigenvalue weighted by Crippen LogP contribution is -1.90. The van der Waals surface area contributed by atoms with Crippen molar-refractivity contribution in [2.24, 2.45) is 0 Å². The highest BCUT2D eigenvalue weighted by atomic mass is 79.9. The topological polar surface area (TPSA) is 30.0 Å². The zero-order chi connectivity index (χ0) is 8.27. The summed E-state index contributed by atoms with van der Waals surface area (Å²) in [4.78, 5) is 14.2. The Morgan fingerprint density at radius 1 is 1.73 bits per heavy atom. The molecule has 0 N–H and O–H groups in total. The molecule has 1 aromatic heterocycles. The Hall–Kier alpha value is -0.700. The van der Waals surface area contributed by atoms with Gasteiger partial charge in [0.1, 0.15) is 5.69 Å². The second-order valence-electron chi connectivity index (χ2n) is 2.17. The molecule has 0 fully saturated rings. The lowest BCUT2D eigenvalue weighted by Gasteiger charge is -1.99. The standard InChI is InChI=1S/C8H8BrNO/c1-2-6-3-7(5-11)10-4-8(6)9/h3-5H,2H2,1H3. The lowest BCUT2D eigenvalue weighted by atomic mass is 10.2. The Labute approximate surface area is 73.8 Å². The molecule has 0 saturated carbocycles. The van der Waals surface area contributed by atoms with Gasteiger partial charge in [-0.15, -0.1) is 0 Å². The molecule has 0 aliphatic carbocycles. The molecule has 0 radical (unpaired) electrons. The molecule has 0 aliphatic rings. The van der Waals surface area contributed by atoms with Gasteiger partial charge in [0.25, 0.3) is 0 Å². The molecule has 3 heteroatoms. The van der Waals surface area contributed by atoms with Crippen molar-refractivity contribution < 1.29 is 4.79 Å². The molecule has 11 heavy (non-hydrogen) atoms. The van der Waals surface area contributed by atoms with E-state index in [1.54, 1.807) is 12.3 Å².